The molecule has 0 aromatic heterocycles. The first-order chi connectivity index (χ1) is 14.6. The molecule has 2 rings (SSSR count). The standard InChI is InChI=1S/C20H22ClNO8S/c1-12(23)19(22-31(26,27)15-7-4-13(21)5-8-15)20(25)30-11-17(24)16-10-14(28-2)6-9-18(16)29-3/h4-10,12,19,22-23H,11H2,1-3H3/t12-,19-/m0/s1. The van der Waals surface area contributed by atoms with E-state index < -0.39 is 40.5 Å². The molecule has 0 aliphatic heterocycles. The summed E-state index contributed by atoms with van der Waals surface area (Å²) in [6, 6.07) is 8.12. The van der Waals surface area contributed by atoms with E-state index in [1.54, 1.807) is 6.07 Å². The highest BCUT2D eigenvalue weighted by atomic mass is 35.5. The number of aliphatic hydroxyl groups excluding tert-OH is 1. The van der Waals surface area contributed by atoms with E-state index in [-0.39, 0.29) is 16.2 Å². The van der Waals surface area contributed by atoms with Gasteiger partial charge in [0.25, 0.3) is 0 Å². The Kier molecular flexibility index (Phi) is 8.40. The molecule has 0 heterocycles. The monoisotopic (exact) mass is 471 g/mol. The predicted molar refractivity (Wildman–Crippen MR) is 112 cm³/mol. The van der Waals surface area contributed by atoms with E-state index in [0.29, 0.717) is 10.8 Å². The van der Waals surface area contributed by atoms with Gasteiger partial charge in [0.2, 0.25) is 15.8 Å². The van der Waals surface area contributed by atoms with Gasteiger partial charge in [-0.3, -0.25) is 9.59 Å². The molecule has 2 aromatic rings. The smallest absolute Gasteiger partial charge is 0.327 e. The second kappa shape index (κ2) is 10.6. The molecule has 0 aliphatic carbocycles. The van der Waals surface area contributed by atoms with E-state index in [0.717, 1.165) is 0 Å². The summed E-state index contributed by atoms with van der Waals surface area (Å²) in [4.78, 5) is 24.8. The fraction of sp³-hybridized carbons (Fsp3) is 0.300. The van der Waals surface area contributed by atoms with Crippen LogP contribution in [0.4, 0.5) is 0 Å². The zero-order valence-electron chi connectivity index (χ0n) is 17.0. The summed E-state index contributed by atoms with van der Waals surface area (Å²) in [5.41, 5.74) is 0.116. The number of aliphatic hydroxyl groups is 1. The van der Waals surface area contributed by atoms with E-state index in [2.05, 4.69) is 4.72 Å². The number of ketones is 1. The lowest BCUT2D eigenvalue weighted by Gasteiger charge is -2.20. The second-order valence-corrected chi connectivity index (χ2v) is 8.54. The molecule has 2 aromatic carbocycles. The van der Waals surface area contributed by atoms with Crippen LogP contribution in [0, 0.1) is 0 Å². The molecule has 0 bridgehead atoms. The maximum atomic E-state index is 12.5. The van der Waals surface area contributed by atoms with E-state index >= 15 is 0 Å². The molecule has 31 heavy (non-hydrogen) atoms. The van der Waals surface area contributed by atoms with Crippen molar-refractivity contribution in [1.82, 2.24) is 4.72 Å². The maximum Gasteiger partial charge on any atom is 0.327 e. The summed E-state index contributed by atoms with van der Waals surface area (Å²) >= 11 is 5.75. The number of Topliss-reactive ketones (excluding diaryl/α,β-unsaturated/α-hetero) is 1. The summed E-state index contributed by atoms with van der Waals surface area (Å²) < 4.78 is 42.3. The lowest BCUT2D eigenvalue weighted by Crippen LogP contribution is -2.48. The van der Waals surface area contributed by atoms with Crippen LogP contribution in [0.2, 0.25) is 5.02 Å². The van der Waals surface area contributed by atoms with Gasteiger partial charge in [0.1, 0.15) is 17.5 Å². The molecule has 0 spiro atoms. The van der Waals surface area contributed by atoms with Crippen molar-refractivity contribution >= 4 is 33.4 Å². The summed E-state index contributed by atoms with van der Waals surface area (Å²) in [5.74, 6) is -1.08. The Balaban J connectivity index is 2.13. The Morgan fingerprint density at radius 2 is 1.74 bits per heavy atom. The Morgan fingerprint density at radius 1 is 1.10 bits per heavy atom. The highest BCUT2D eigenvalue weighted by Crippen LogP contribution is 2.24. The number of rotatable bonds is 10. The van der Waals surface area contributed by atoms with Crippen molar-refractivity contribution in [3.63, 3.8) is 0 Å². The summed E-state index contributed by atoms with van der Waals surface area (Å²) in [7, 11) is -1.37. The third-order valence-electron chi connectivity index (χ3n) is 4.19. The summed E-state index contributed by atoms with van der Waals surface area (Å²) in [6.07, 6.45) is -1.43. The number of carbonyl (C=O) groups excluding carboxylic acids is 2. The van der Waals surface area contributed by atoms with Crippen LogP contribution in [0.1, 0.15) is 17.3 Å². The number of nitrogens with one attached hydrogen (secondary N) is 1. The highest BCUT2D eigenvalue weighted by Gasteiger charge is 2.31. The Labute approximate surface area is 184 Å². The number of halogens is 1. The largest absolute Gasteiger partial charge is 0.497 e. The minimum Gasteiger partial charge on any atom is -0.497 e. The van der Waals surface area contributed by atoms with Crippen molar-refractivity contribution in [1.29, 1.82) is 0 Å². The second-order valence-electron chi connectivity index (χ2n) is 6.39. The third-order valence-corrected chi connectivity index (χ3v) is 5.90. The molecule has 2 N–H and O–H groups in total. The van der Waals surface area contributed by atoms with Crippen LogP contribution < -0.4 is 14.2 Å². The predicted octanol–water partition coefficient (Wildman–Crippen LogP) is 1.81. The van der Waals surface area contributed by atoms with Crippen LogP contribution in [-0.4, -0.2) is 58.2 Å². The van der Waals surface area contributed by atoms with Gasteiger partial charge in [0.05, 0.1) is 30.8 Å². The van der Waals surface area contributed by atoms with Crippen LogP contribution in [-0.2, 0) is 19.6 Å². The molecular formula is C20H22ClNO8S. The molecular weight excluding hydrogens is 450 g/mol. The minimum absolute atomic E-state index is 0.116. The molecule has 0 amide bonds. The number of benzene rings is 2. The molecule has 0 saturated heterocycles. The van der Waals surface area contributed by atoms with Crippen LogP contribution >= 0.6 is 11.6 Å². The Bertz CT molecular complexity index is 1040. The van der Waals surface area contributed by atoms with Crippen molar-refractivity contribution < 1.29 is 37.3 Å². The molecule has 11 heteroatoms. The van der Waals surface area contributed by atoms with Gasteiger partial charge < -0.3 is 19.3 Å². The fourth-order valence-electron chi connectivity index (χ4n) is 2.53. The summed E-state index contributed by atoms with van der Waals surface area (Å²) in [6.45, 7) is 0.511. The van der Waals surface area contributed by atoms with Crippen molar-refractivity contribution in [2.75, 3.05) is 20.8 Å². The number of methoxy groups -OCH3 is 2. The molecule has 2 atom stereocenters. The molecule has 0 saturated carbocycles. The minimum atomic E-state index is -4.17. The maximum absolute atomic E-state index is 12.5. The van der Waals surface area contributed by atoms with Gasteiger partial charge in [0, 0.05) is 5.02 Å². The first-order valence-corrected chi connectivity index (χ1v) is 10.8. The number of hydrogen-bond donors (Lipinski definition) is 2. The number of carbonyl (C=O) groups is 2. The van der Waals surface area contributed by atoms with Gasteiger partial charge in [-0.1, -0.05) is 11.6 Å². The van der Waals surface area contributed by atoms with Crippen molar-refractivity contribution in [2.24, 2.45) is 0 Å². The van der Waals surface area contributed by atoms with Gasteiger partial charge in [-0.15, -0.1) is 0 Å². The molecule has 168 valence electrons. The Morgan fingerprint density at radius 3 is 2.29 bits per heavy atom. The number of hydrogen-bond acceptors (Lipinski definition) is 8. The number of ether oxygens (including phenoxy) is 3. The van der Waals surface area contributed by atoms with Gasteiger partial charge in [-0.05, 0) is 49.4 Å². The van der Waals surface area contributed by atoms with Gasteiger partial charge in [-0.2, -0.15) is 4.72 Å². The van der Waals surface area contributed by atoms with Crippen molar-refractivity contribution in [2.45, 2.75) is 24.0 Å². The normalized spacial score (nSPS) is 13.2. The van der Waals surface area contributed by atoms with Crippen LogP contribution in [0.15, 0.2) is 47.4 Å². The third kappa shape index (κ3) is 6.41. The van der Waals surface area contributed by atoms with E-state index in [1.165, 1.54) is 57.5 Å². The zero-order chi connectivity index (χ0) is 23.2. The van der Waals surface area contributed by atoms with Gasteiger partial charge in [0.15, 0.2) is 6.61 Å². The van der Waals surface area contributed by atoms with Gasteiger partial charge >= 0.3 is 5.97 Å². The quantitative estimate of drug-likeness (QED) is 0.396. The van der Waals surface area contributed by atoms with E-state index in [4.69, 9.17) is 25.8 Å². The molecule has 0 aliphatic rings. The van der Waals surface area contributed by atoms with Gasteiger partial charge in [-0.25, -0.2) is 8.42 Å². The Hall–Kier alpha value is -2.66. The first-order valence-electron chi connectivity index (χ1n) is 8.97. The topological polar surface area (TPSA) is 128 Å². The lowest BCUT2D eigenvalue weighted by molar-refractivity contribution is -0.147. The lowest BCUT2D eigenvalue weighted by atomic mass is 10.1. The average Bonchev–Trinajstić information content (AvgIpc) is 2.75. The van der Waals surface area contributed by atoms with Crippen LogP contribution in [0.5, 0.6) is 11.5 Å². The highest BCUT2D eigenvalue weighted by molar-refractivity contribution is 7.89. The van der Waals surface area contributed by atoms with Crippen LogP contribution in [0.25, 0.3) is 0 Å². The van der Waals surface area contributed by atoms with E-state index in [9.17, 15) is 23.1 Å². The molecule has 0 radical (unpaired) electrons. The molecule has 0 unspecified atom stereocenters. The number of sulfonamides is 1. The van der Waals surface area contributed by atoms with Crippen LogP contribution in [0.3, 0.4) is 0 Å². The SMILES string of the molecule is COc1ccc(OC)c(C(=O)COC(=O)[C@@H](NS(=O)(=O)c2ccc(Cl)cc2)[C@H](C)O)c1. The number of esters is 1. The van der Waals surface area contributed by atoms with Crippen molar-refractivity contribution in [3.8, 4) is 11.5 Å². The molecule has 9 nitrogen and oxygen atoms in total. The summed E-state index contributed by atoms with van der Waals surface area (Å²) in [5, 5.41) is 10.2. The zero-order valence-corrected chi connectivity index (χ0v) is 18.6. The average molecular weight is 472 g/mol. The molecule has 0 fully saturated rings. The van der Waals surface area contributed by atoms with E-state index in [1.807, 2.05) is 0 Å². The fourth-order valence-corrected chi connectivity index (χ4v) is 3.91. The van der Waals surface area contributed by atoms with Crippen molar-refractivity contribution in [3.05, 3.63) is 53.1 Å². The first kappa shape index (κ1) is 24.6.